The van der Waals surface area contributed by atoms with E-state index >= 15 is 0 Å². The number of anilines is 2. The summed E-state index contributed by atoms with van der Waals surface area (Å²) >= 11 is 1.32. The minimum Gasteiger partial charge on any atom is -0.496 e. The van der Waals surface area contributed by atoms with Crippen LogP contribution in [0.3, 0.4) is 0 Å². The largest absolute Gasteiger partial charge is 0.496 e. The van der Waals surface area contributed by atoms with Gasteiger partial charge in [-0.1, -0.05) is 24.3 Å². The van der Waals surface area contributed by atoms with Gasteiger partial charge in [0.2, 0.25) is 5.91 Å². The fourth-order valence-corrected chi connectivity index (χ4v) is 5.03. The van der Waals surface area contributed by atoms with E-state index in [0.29, 0.717) is 46.4 Å². The highest BCUT2D eigenvalue weighted by molar-refractivity contribution is 8.00. The average molecular weight is 642 g/mol. The molecule has 3 N–H and O–H groups in total. The van der Waals surface area contributed by atoms with Crippen LogP contribution < -0.4 is 34.9 Å². The van der Waals surface area contributed by atoms with Gasteiger partial charge in [0.05, 0.1) is 33.7 Å². The Morgan fingerprint density at radius 1 is 0.739 bits per heavy atom. The van der Waals surface area contributed by atoms with Crippen LogP contribution in [-0.4, -0.2) is 51.4 Å². The third-order valence-electron chi connectivity index (χ3n) is 6.48. The second kappa shape index (κ2) is 16.6. The third-order valence-corrected chi connectivity index (χ3v) is 7.47. The number of thioether (sulfide) groups is 1. The zero-order valence-corrected chi connectivity index (χ0v) is 26.7. The molecule has 0 bridgehead atoms. The smallest absolute Gasteiger partial charge is 0.272 e. The maximum absolute atomic E-state index is 13.6. The Hall–Kier alpha value is -5.42. The van der Waals surface area contributed by atoms with Crippen LogP contribution in [0.15, 0.2) is 102 Å². The summed E-state index contributed by atoms with van der Waals surface area (Å²) in [4.78, 5) is 40.1. The van der Waals surface area contributed by atoms with Crippen LogP contribution in [0.1, 0.15) is 22.8 Å². The number of ether oxygens (including phenoxy) is 4. The number of benzene rings is 4. The number of nitrogens with one attached hydrogen (secondary N) is 3. The molecule has 238 valence electrons. The maximum atomic E-state index is 13.6. The Kier molecular flexibility index (Phi) is 12.1. The molecule has 10 nitrogen and oxygen atoms in total. The van der Waals surface area contributed by atoms with Crippen molar-refractivity contribution in [3.63, 3.8) is 0 Å². The summed E-state index contributed by atoms with van der Waals surface area (Å²) in [7, 11) is 4.49. The SMILES string of the molecule is CCOc1ccc(NC(=O)CSc2cccc(NC(=O)/C(=C\c3cc(OC)c(OC)cc3OC)NC(=O)c3ccccc3)c2)cc1. The molecule has 3 amide bonds. The Balaban J connectivity index is 1.51. The van der Waals surface area contributed by atoms with E-state index < -0.39 is 11.8 Å². The number of carbonyl (C=O) groups is 3. The fraction of sp³-hybridized carbons (Fsp3) is 0.171. The molecule has 4 rings (SSSR count). The van der Waals surface area contributed by atoms with E-state index in [2.05, 4.69) is 16.0 Å². The number of methoxy groups -OCH3 is 3. The van der Waals surface area contributed by atoms with Crippen molar-refractivity contribution in [2.45, 2.75) is 11.8 Å². The summed E-state index contributed by atoms with van der Waals surface area (Å²) in [5.74, 6) is 0.926. The second-order valence-electron chi connectivity index (χ2n) is 9.60. The molecule has 0 heterocycles. The van der Waals surface area contributed by atoms with E-state index in [1.807, 2.05) is 13.0 Å². The Bertz CT molecular complexity index is 1690. The first kappa shape index (κ1) is 33.5. The molecule has 0 spiro atoms. The van der Waals surface area contributed by atoms with Crippen LogP contribution in [0.4, 0.5) is 11.4 Å². The summed E-state index contributed by atoms with van der Waals surface area (Å²) in [6.07, 6.45) is 1.50. The first-order valence-electron chi connectivity index (χ1n) is 14.3. The van der Waals surface area contributed by atoms with Crippen molar-refractivity contribution in [3.05, 3.63) is 108 Å². The lowest BCUT2D eigenvalue weighted by Crippen LogP contribution is -2.30. The van der Waals surface area contributed by atoms with Crippen molar-refractivity contribution in [3.8, 4) is 23.0 Å². The minimum absolute atomic E-state index is 0.0350. The molecule has 11 heteroatoms. The zero-order valence-electron chi connectivity index (χ0n) is 25.9. The van der Waals surface area contributed by atoms with E-state index in [4.69, 9.17) is 18.9 Å². The van der Waals surface area contributed by atoms with Crippen LogP contribution in [0, 0.1) is 0 Å². The van der Waals surface area contributed by atoms with Crippen molar-refractivity contribution in [2.24, 2.45) is 0 Å². The Labute approximate surface area is 272 Å². The van der Waals surface area contributed by atoms with E-state index in [0.717, 1.165) is 10.6 Å². The summed E-state index contributed by atoms with van der Waals surface area (Å²) in [6, 6.07) is 26.1. The number of amides is 3. The van der Waals surface area contributed by atoms with Gasteiger partial charge >= 0.3 is 0 Å². The van der Waals surface area contributed by atoms with E-state index in [1.54, 1.807) is 84.9 Å². The highest BCUT2D eigenvalue weighted by Crippen LogP contribution is 2.35. The molecular formula is C35H35N3O7S. The molecule has 0 aliphatic rings. The molecular weight excluding hydrogens is 606 g/mol. The normalized spacial score (nSPS) is 10.8. The number of carbonyl (C=O) groups excluding carboxylic acids is 3. The Morgan fingerprint density at radius 3 is 2.11 bits per heavy atom. The molecule has 0 saturated heterocycles. The summed E-state index contributed by atoms with van der Waals surface area (Å²) in [5.41, 5.74) is 1.95. The highest BCUT2D eigenvalue weighted by atomic mass is 32.2. The van der Waals surface area contributed by atoms with Crippen molar-refractivity contribution in [2.75, 3.05) is 44.3 Å². The van der Waals surface area contributed by atoms with Gasteiger partial charge in [-0.15, -0.1) is 11.8 Å². The fourth-order valence-electron chi connectivity index (χ4n) is 4.27. The van der Waals surface area contributed by atoms with E-state index in [1.165, 1.54) is 39.2 Å². The first-order chi connectivity index (χ1) is 22.3. The van der Waals surface area contributed by atoms with Crippen LogP contribution in [0.25, 0.3) is 6.08 Å². The second-order valence-corrected chi connectivity index (χ2v) is 10.7. The molecule has 0 aliphatic carbocycles. The summed E-state index contributed by atoms with van der Waals surface area (Å²) in [5, 5.41) is 8.43. The first-order valence-corrected chi connectivity index (χ1v) is 15.3. The molecule has 46 heavy (non-hydrogen) atoms. The van der Waals surface area contributed by atoms with Crippen LogP contribution in [0.2, 0.25) is 0 Å². The van der Waals surface area contributed by atoms with Gasteiger partial charge in [-0.2, -0.15) is 0 Å². The zero-order chi connectivity index (χ0) is 32.9. The lowest BCUT2D eigenvalue weighted by Gasteiger charge is -2.15. The van der Waals surface area contributed by atoms with Crippen LogP contribution in [-0.2, 0) is 9.59 Å². The van der Waals surface area contributed by atoms with Crippen molar-refractivity contribution in [1.29, 1.82) is 0 Å². The van der Waals surface area contributed by atoms with Gasteiger partial charge in [-0.25, -0.2) is 0 Å². The average Bonchev–Trinajstić information content (AvgIpc) is 3.08. The topological polar surface area (TPSA) is 124 Å². The number of hydrogen-bond donors (Lipinski definition) is 3. The van der Waals surface area contributed by atoms with Gasteiger partial charge in [-0.3, -0.25) is 14.4 Å². The van der Waals surface area contributed by atoms with E-state index in [-0.39, 0.29) is 17.4 Å². The van der Waals surface area contributed by atoms with Crippen molar-refractivity contribution in [1.82, 2.24) is 5.32 Å². The lowest BCUT2D eigenvalue weighted by molar-refractivity contribution is -0.114. The Morgan fingerprint density at radius 2 is 1.43 bits per heavy atom. The van der Waals surface area contributed by atoms with Gasteiger partial charge in [0.1, 0.15) is 17.2 Å². The van der Waals surface area contributed by atoms with Crippen molar-refractivity contribution < 1.29 is 33.3 Å². The van der Waals surface area contributed by atoms with Gasteiger partial charge < -0.3 is 34.9 Å². The predicted octanol–water partition coefficient (Wildman–Crippen LogP) is 6.25. The molecule has 0 atom stereocenters. The number of rotatable bonds is 14. The van der Waals surface area contributed by atoms with Crippen molar-refractivity contribution >= 4 is 46.9 Å². The predicted molar refractivity (Wildman–Crippen MR) is 180 cm³/mol. The van der Waals surface area contributed by atoms with Gasteiger partial charge in [0, 0.05) is 33.5 Å². The molecule has 0 aliphatic heterocycles. The maximum Gasteiger partial charge on any atom is 0.272 e. The summed E-state index contributed by atoms with van der Waals surface area (Å²) in [6.45, 7) is 2.47. The third kappa shape index (κ3) is 9.29. The monoisotopic (exact) mass is 641 g/mol. The van der Waals surface area contributed by atoms with Gasteiger partial charge in [0.25, 0.3) is 11.8 Å². The minimum atomic E-state index is -0.573. The standard InChI is InChI=1S/C35H35N3O7S/c1-5-45-27-16-14-25(15-17-27)36-33(39)22-46-28-13-9-12-26(20-28)37-35(41)29(38-34(40)23-10-7-6-8-11-23)18-24-19-31(43-3)32(44-4)21-30(24)42-2/h6-21H,5,22H2,1-4H3,(H,36,39)(H,37,41)(H,38,40)/b29-18+. The van der Waals surface area contributed by atoms with Gasteiger partial charge in [0.15, 0.2) is 11.5 Å². The number of hydrogen-bond acceptors (Lipinski definition) is 8. The van der Waals surface area contributed by atoms with E-state index in [9.17, 15) is 14.4 Å². The summed E-state index contributed by atoms with van der Waals surface area (Å²) < 4.78 is 21.8. The molecule has 0 aromatic heterocycles. The lowest BCUT2D eigenvalue weighted by atomic mass is 10.1. The molecule has 0 fully saturated rings. The quantitative estimate of drug-likeness (QED) is 0.109. The molecule has 0 radical (unpaired) electrons. The van der Waals surface area contributed by atoms with Gasteiger partial charge in [-0.05, 0) is 73.7 Å². The molecule has 0 unspecified atom stereocenters. The molecule has 4 aromatic rings. The molecule has 4 aromatic carbocycles. The van der Waals surface area contributed by atoms with Crippen LogP contribution >= 0.6 is 11.8 Å². The highest BCUT2D eigenvalue weighted by Gasteiger charge is 2.18. The van der Waals surface area contributed by atoms with Crippen LogP contribution in [0.5, 0.6) is 23.0 Å². The molecule has 0 saturated carbocycles.